The van der Waals surface area contributed by atoms with E-state index in [4.69, 9.17) is 0 Å². The zero-order valence-electron chi connectivity index (χ0n) is 19.6. The first kappa shape index (κ1) is 24.9. The maximum Gasteiger partial charge on any atom is 0.216 e. The molecule has 0 spiro atoms. The van der Waals surface area contributed by atoms with E-state index in [1.165, 1.54) is 35.6 Å². The fourth-order valence-corrected chi connectivity index (χ4v) is 5.11. The van der Waals surface area contributed by atoms with Crippen molar-refractivity contribution in [2.75, 3.05) is 12.3 Å². The van der Waals surface area contributed by atoms with Crippen LogP contribution in [-0.4, -0.2) is 38.8 Å². The van der Waals surface area contributed by atoms with Gasteiger partial charge in [0.2, 0.25) is 5.91 Å². The molecule has 3 rings (SSSR count). The van der Waals surface area contributed by atoms with Crippen LogP contribution in [0.1, 0.15) is 47.8 Å². The van der Waals surface area contributed by atoms with Gasteiger partial charge in [-0.05, 0) is 29.5 Å². The molecule has 0 aliphatic rings. The molecule has 1 aromatic carbocycles. The van der Waals surface area contributed by atoms with Gasteiger partial charge in [-0.2, -0.15) is 0 Å². The molecule has 8 heteroatoms. The number of Topliss-reactive ketones (excluding diaryl/α,β-unsaturated/α-hetero) is 1. The lowest BCUT2D eigenvalue weighted by atomic mass is 9.87. The monoisotopic (exact) mass is 482 g/mol. The minimum Gasteiger partial charge on any atom is -0.356 e. The van der Waals surface area contributed by atoms with Crippen LogP contribution in [-0.2, 0) is 23.2 Å². The number of rotatable bonds is 10. The van der Waals surface area contributed by atoms with E-state index in [-0.39, 0.29) is 22.9 Å². The lowest BCUT2D eigenvalue weighted by Crippen LogP contribution is -2.22. The lowest BCUT2D eigenvalue weighted by Gasteiger charge is -2.19. The zero-order chi connectivity index (χ0) is 24.0. The summed E-state index contributed by atoms with van der Waals surface area (Å²) in [7, 11) is 0. The summed E-state index contributed by atoms with van der Waals surface area (Å²) in [6.07, 6.45) is 2.53. The van der Waals surface area contributed by atoms with Gasteiger partial charge in [-0.25, -0.2) is 0 Å². The van der Waals surface area contributed by atoms with Crippen LogP contribution in [0.2, 0.25) is 0 Å². The van der Waals surface area contributed by atoms with Gasteiger partial charge in [-0.3, -0.25) is 14.2 Å². The summed E-state index contributed by atoms with van der Waals surface area (Å²) >= 11 is 2.86. The Labute approximate surface area is 203 Å². The molecule has 1 amide bonds. The number of amides is 1. The summed E-state index contributed by atoms with van der Waals surface area (Å²) < 4.78 is 1.99. The Morgan fingerprint density at radius 1 is 1.15 bits per heavy atom. The second-order valence-corrected chi connectivity index (χ2v) is 10.9. The summed E-state index contributed by atoms with van der Waals surface area (Å²) in [4.78, 5) is 25.5. The van der Waals surface area contributed by atoms with Gasteiger partial charge in [0, 0.05) is 30.5 Å². The number of hydrogen-bond acceptors (Lipinski definition) is 6. The van der Waals surface area contributed by atoms with Gasteiger partial charge in [-0.1, -0.05) is 62.9 Å². The minimum atomic E-state index is -0.0487. The number of ketones is 1. The van der Waals surface area contributed by atoms with Crippen LogP contribution in [0.25, 0.3) is 11.4 Å². The Morgan fingerprint density at radius 3 is 2.52 bits per heavy atom. The van der Waals surface area contributed by atoms with E-state index in [1.807, 2.05) is 22.8 Å². The highest BCUT2D eigenvalue weighted by Crippen LogP contribution is 2.28. The lowest BCUT2D eigenvalue weighted by molar-refractivity contribution is -0.118. The number of carbonyl (C=O) groups excluding carboxylic acids is 2. The number of thiophene rings is 1. The van der Waals surface area contributed by atoms with Crippen LogP contribution in [0.3, 0.4) is 0 Å². The van der Waals surface area contributed by atoms with Crippen molar-refractivity contribution in [1.29, 1.82) is 0 Å². The quantitative estimate of drug-likeness (QED) is 0.246. The molecule has 33 heavy (non-hydrogen) atoms. The van der Waals surface area contributed by atoms with Crippen LogP contribution >= 0.6 is 23.1 Å². The fraction of sp³-hybridized carbons (Fsp3) is 0.360. The number of nitrogens with zero attached hydrogens (tertiary/aromatic N) is 3. The van der Waals surface area contributed by atoms with E-state index in [9.17, 15) is 9.59 Å². The Balaban J connectivity index is 1.68. The molecule has 2 heterocycles. The van der Waals surface area contributed by atoms with Crippen LogP contribution in [0.4, 0.5) is 0 Å². The Kier molecular flexibility index (Phi) is 8.26. The van der Waals surface area contributed by atoms with Crippen molar-refractivity contribution in [3.8, 4) is 11.4 Å². The molecule has 0 unspecified atom stereocenters. The van der Waals surface area contributed by atoms with E-state index in [0.29, 0.717) is 23.1 Å². The topological polar surface area (TPSA) is 76.9 Å². The molecule has 3 aromatic rings. The van der Waals surface area contributed by atoms with Gasteiger partial charge in [0.05, 0.1) is 10.6 Å². The molecule has 0 fully saturated rings. The van der Waals surface area contributed by atoms with Gasteiger partial charge >= 0.3 is 0 Å². The number of nitrogens with one attached hydrogen (secondary N) is 1. The smallest absolute Gasteiger partial charge is 0.216 e. The van der Waals surface area contributed by atoms with Gasteiger partial charge in [0.15, 0.2) is 16.8 Å². The van der Waals surface area contributed by atoms with Crippen molar-refractivity contribution >= 4 is 34.8 Å². The first-order chi connectivity index (χ1) is 15.7. The molecular formula is C25H30N4O2S2. The molecule has 2 aromatic heterocycles. The standard InChI is InChI=1S/C25H30N4O2S2/c1-6-15-29-23(18-7-9-19(10-8-18)25(3,4)5)27-28-24(29)32-16-21(31)22-12-11-20(33-22)13-14-26-17(2)30/h6-12H,1,13-16H2,2-5H3,(H,26,30). The molecule has 0 bridgehead atoms. The number of benzene rings is 1. The predicted octanol–water partition coefficient (Wildman–Crippen LogP) is 5.14. The van der Waals surface area contributed by atoms with E-state index >= 15 is 0 Å². The van der Waals surface area contributed by atoms with Crippen molar-refractivity contribution in [3.63, 3.8) is 0 Å². The summed E-state index contributed by atoms with van der Waals surface area (Å²) in [5, 5.41) is 12.2. The van der Waals surface area contributed by atoms with Crippen LogP contribution < -0.4 is 5.32 Å². The van der Waals surface area contributed by atoms with Gasteiger partial charge in [-0.15, -0.1) is 28.1 Å². The van der Waals surface area contributed by atoms with Crippen molar-refractivity contribution in [2.45, 2.75) is 51.2 Å². The average molecular weight is 483 g/mol. The number of carbonyl (C=O) groups is 2. The molecule has 0 saturated carbocycles. The molecule has 0 aliphatic heterocycles. The third-order valence-electron chi connectivity index (χ3n) is 5.05. The first-order valence-corrected chi connectivity index (χ1v) is 12.6. The molecule has 0 aliphatic carbocycles. The Morgan fingerprint density at radius 2 is 1.88 bits per heavy atom. The van der Waals surface area contributed by atoms with Crippen LogP contribution in [0, 0.1) is 0 Å². The minimum absolute atomic E-state index is 0.0487. The number of hydrogen-bond donors (Lipinski definition) is 1. The highest BCUT2D eigenvalue weighted by molar-refractivity contribution is 7.99. The SMILES string of the molecule is C=CCn1c(SCC(=O)c2ccc(CCNC(C)=O)s2)nnc1-c1ccc(C(C)(C)C)cc1. The second kappa shape index (κ2) is 10.9. The van der Waals surface area contributed by atoms with E-state index in [1.54, 1.807) is 0 Å². The molecule has 6 nitrogen and oxygen atoms in total. The molecule has 0 radical (unpaired) electrons. The third kappa shape index (κ3) is 6.65. The van der Waals surface area contributed by atoms with Crippen molar-refractivity contribution in [1.82, 2.24) is 20.1 Å². The summed E-state index contributed by atoms with van der Waals surface area (Å²) in [5.74, 6) is 1.05. The summed E-state index contributed by atoms with van der Waals surface area (Å²) in [5.41, 5.74) is 2.33. The van der Waals surface area contributed by atoms with Crippen molar-refractivity contribution in [2.24, 2.45) is 0 Å². The fourth-order valence-electron chi connectivity index (χ4n) is 3.25. The Hall–Kier alpha value is -2.71. The molecular weight excluding hydrogens is 452 g/mol. The van der Waals surface area contributed by atoms with Crippen LogP contribution in [0.5, 0.6) is 0 Å². The maximum atomic E-state index is 12.7. The normalized spacial score (nSPS) is 11.4. The highest BCUT2D eigenvalue weighted by Gasteiger charge is 2.18. The number of allylic oxidation sites excluding steroid dienone is 1. The van der Waals surface area contributed by atoms with Gasteiger partial charge < -0.3 is 5.32 Å². The zero-order valence-corrected chi connectivity index (χ0v) is 21.2. The summed E-state index contributed by atoms with van der Waals surface area (Å²) in [6, 6.07) is 12.2. The molecule has 0 saturated heterocycles. The largest absolute Gasteiger partial charge is 0.356 e. The molecule has 174 valence electrons. The van der Waals surface area contributed by atoms with Gasteiger partial charge in [0.1, 0.15) is 0 Å². The third-order valence-corrected chi connectivity index (χ3v) is 7.20. The maximum absolute atomic E-state index is 12.7. The predicted molar refractivity (Wildman–Crippen MR) is 136 cm³/mol. The van der Waals surface area contributed by atoms with Crippen molar-refractivity contribution < 1.29 is 9.59 Å². The van der Waals surface area contributed by atoms with Crippen LogP contribution in [0.15, 0.2) is 54.2 Å². The summed E-state index contributed by atoms with van der Waals surface area (Å²) in [6.45, 7) is 13.1. The second-order valence-electron chi connectivity index (χ2n) is 8.74. The number of aromatic nitrogens is 3. The Bertz CT molecular complexity index is 1120. The first-order valence-electron chi connectivity index (χ1n) is 10.8. The van der Waals surface area contributed by atoms with Crippen molar-refractivity contribution in [3.05, 3.63) is 64.4 Å². The van der Waals surface area contributed by atoms with E-state index in [0.717, 1.165) is 22.7 Å². The van der Waals surface area contributed by atoms with Gasteiger partial charge in [0.25, 0.3) is 0 Å². The number of thioether (sulfide) groups is 1. The van der Waals surface area contributed by atoms with E-state index < -0.39 is 0 Å². The average Bonchev–Trinajstić information content (AvgIpc) is 3.39. The molecule has 1 N–H and O–H groups in total. The molecule has 0 atom stereocenters. The highest BCUT2D eigenvalue weighted by atomic mass is 32.2. The van der Waals surface area contributed by atoms with E-state index in [2.05, 4.69) is 67.1 Å².